The van der Waals surface area contributed by atoms with E-state index in [4.69, 9.17) is 9.47 Å². The predicted octanol–water partition coefficient (Wildman–Crippen LogP) is 3.96. The van der Waals surface area contributed by atoms with Gasteiger partial charge in [-0.25, -0.2) is 0 Å². The summed E-state index contributed by atoms with van der Waals surface area (Å²) >= 11 is 5.24. The lowest BCUT2D eigenvalue weighted by molar-refractivity contribution is 0.297. The van der Waals surface area contributed by atoms with E-state index >= 15 is 0 Å². The summed E-state index contributed by atoms with van der Waals surface area (Å²) in [5.41, 5.74) is 1.21. The number of ether oxygens (including phenoxy) is 2. The fraction of sp³-hybridized carbons (Fsp3) is 0.333. The van der Waals surface area contributed by atoms with Gasteiger partial charge < -0.3 is 14.8 Å². The summed E-state index contributed by atoms with van der Waals surface area (Å²) in [7, 11) is 0. The van der Waals surface area contributed by atoms with Gasteiger partial charge in [-0.3, -0.25) is 0 Å². The molecule has 0 amide bonds. The first kappa shape index (κ1) is 13.9. The molecule has 0 spiro atoms. The molecule has 3 nitrogen and oxygen atoms in total. The Bertz CT molecular complexity index is 585. The van der Waals surface area contributed by atoms with Gasteiger partial charge in [-0.2, -0.15) is 0 Å². The maximum atomic E-state index is 5.70. The summed E-state index contributed by atoms with van der Waals surface area (Å²) in [4.78, 5) is 1.33. The lowest BCUT2D eigenvalue weighted by Gasteiger charge is -2.09. The summed E-state index contributed by atoms with van der Waals surface area (Å²) in [5.74, 6) is 1.72. The highest BCUT2D eigenvalue weighted by Crippen LogP contribution is 2.30. The van der Waals surface area contributed by atoms with Crippen LogP contribution in [0.4, 0.5) is 0 Å². The summed E-state index contributed by atoms with van der Waals surface area (Å²) in [5, 5.41) is 3.45. The Hall–Kier alpha value is -1.04. The quantitative estimate of drug-likeness (QED) is 0.902. The highest BCUT2D eigenvalue weighted by molar-refractivity contribution is 9.11. The Kier molecular flexibility index (Phi) is 4.60. The molecule has 20 heavy (non-hydrogen) atoms. The molecule has 0 atom stereocenters. The number of fused-ring (bicyclic) bond motifs is 1. The smallest absolute Gasteiger partial charge is 0.161 e. The maximum Gasteiger partial charge on any atom is 0.161 e. The predicted molar refractivity (Wildman–Crippen MR) is 84.6 cm³/mol. The van der Waals surface area contributed by atoms with Gasteiger partial charge in [0.15, 0.2) is 11.5 Å². The van der Waals surface area contributed by atoms with Crippen LogP contribution in [0, 0.1) is 0 Å². The molecule has 2 heterocycles. The highest BCUT2D eigenvalue weighted by Gasteiger charge is 2.10. The summed E-state index contributed by atoms with van der Waals surface area (Å²) in [6.07, 6.45) is 0.940. The fourth-order valence-electron chi connectivity index (χ4n) is 2.09. The van der Waals surface area contributed by atoms with Gasteiger partial charge in [0.25, 0.3) is 0 Å². The topological polar surface area (TPSA) is 30.5 Å². The number of nitrogens with one attached hydrogen (secondary N) is 1. The second-order valence-corrected chi connectivity index (χ2v) is 7.19. The van der Waals surface area contributed by atoms with Gasteiger partial charge in [0, 0.05) is 24.4 Å². The van der Waals surface area contributed by atoms with Gasteiger partial charge >= 0.3 is 0 Å². The first-order valence-corrected chi connectivity index (χ1v) is 8.26. The van der Waals surface area contributed by atoms with Crippen LogP contribution < -0.4 is 14.8 Å². The van der Waals surface area contributed by atoms with Crippen molar-refractivity contribution in [3.63, 3.8) is 0 Å². The van der Waals surface area contributed by atoms with Crippen LogP contribution in [0.5, 0.6) is 11.5 Å². The molecule has 0 unspecified atom stereocenters. The van der Waals surface area contributed by atoms with Gasteiger partial charge in [-0.15, -0.1) is 11.3 Å². The van der Waals surface area contributed by atoms with E-state index in [1.54, 1.807) is 11.3 Å². The lowest BCUT2D eigenvalue weighted by atomic mass is 10.2. The van der Waals surface area contributed by atoms with E-state index in [0.717, 1.165) is 44.2 Å². The van der Waals surface area contributed by atoms with Gasteiger partial charge in [0.2, 0.25) is 0 Å². The molecule has 2 aromatic rings. The average Bonchev–Trinajstić information content (AvgIpc) is 2.73. The van der Waals surface area contributed by atoms with Crippen LogP contribution in [-0.2, 0) is 13.1 Å². The molecule has 3 rings (SSSR count). The standard InChI is InChI=1S/C15H16BrNO2S/c16-15-5-3-12(20-15)10-17-9-11-2-4-13-14(8-11)19-7-1-6-18-13/h2-5,8,17H,1,6-7,9-10H2. The van der Waals surface area contributed by atoms with E-state index in [1.165, 1.54) is 14.2 Å². The summed E-state index contributed by atoms with van der Waals surface area (Å²) in [6.45, 7) is 3.17. The van der Waals surface area contributed by atoms with Crippen molar-refractivity contribution in [2.45, 2.75) is 19.5 Å². The molecule has 1 aromatic carbocycles. The van der Waals surface area contributed by atoms with Crippen LogP contribution in [0.15, 0.2) is 34.1 Å². The number of halogens is 1. The van der Waals surface area contributed by atoms with Crippen molar-refractivity contribution in [1.82, 2.24) is 5.32 Å². The maximum absolute atomic E-state index is 5.70. The van der Waals surface area contributed by atoms with Gasteiger partial charge in [-0.05, 0) is 45.8 Å². The molecule has 0 fully saturated rings. The van der Waals surface area contributed by atoms with Crippen LogP contribution in [-0.4, -0.2) is 13.2 Å². The summed E-state index contributed by atoms with van der Waals surface area (Å²) in [6, 6.07) is 10.4. The molecule has 1 aromatic heterocycles. The van der Waals surface area contributed by atoms with E-state index in [2.05, 4.69) is 45.5 Å². The first-order valence-electron chi connectivity index (χ1n) is 6.65. The second kappa shape index (κ2) is 6.61. The zero-order valence-electron chi connectivity index (χ0n) is 11.0. The molecule has 1 aliphatic heterocycles. The van der Waals surface area contributed by atoms with Crippen molar-refractivity contribution in [3.05, 3.63) is 44.6 Å². The van der Waals surface area contributed by atoms with Gasteiger partial charge in [0.1, 0.15) is 0 Å². The number of hydrogen-bond donors (Lipinski definition) is 1. The monoisotopic (exact) mass is 353 g/mol. The minimum Gasteiger partial charge on any atom is -0.490 e. The van der Waals surface area contributed by atoms with Crippen molar-refractivity contribution in [3.8, 4) is 11.5 Å². The molecule has 1 aliphatic rings. The number of rotatable bonds is 4. The van der Waals surface area contributed by atoms with Crippen molar-refractivity contribution < 1.29 is 9.47 Å². The van der Waals surface area contributed by atoms with Crippen LogP contribution in [0.2, 0.25) is 0 Å². The Morgan fingerprint density at radius 3 is 2.70 bits per heavy atom. The van der Waals surface area contributed by atoms with E-state index in [0.29, 0.717) is 0 Å². The number of hydrogen-bond acceptors (Lipinski definition) is 4. The second-order valence-electron chi connectivity index (χ2n) is 4.64. The molecule has 106 valence electrons. The summed E-state index contributed by atoms with van der Waals surface area (Å²) < 4.78 is 12.5. The molecule has 0 bridgehead atoms. The van der Waals surface area contributed by atoms with E-state index < -0.39 is 0 Å². The van der Waals surface area contributed by atoms with Gasteiger partial charge in [-0.1, -0.05) is 6.07 Å². The van der Waals surface area contributed by atoms with Crippen molar-refractivity contribution >= 4 is 27.3 Å². The van der Waals surface area contributed by atoms with E-state index in [9.17, 15) is 0 Å². The van der Waals surface area contributed by atoms with Crippen LogP contribution in [0.25, 0.3) is 0 Å². The van der Waals surface area contributed by atoms with E-state index in [1.807, 2.05) is 6.07 Å². The Morgan fingerprint density at radius 1 is 1.05 bits per heavy atom. The zero-order valence-corrected chi connectivity index (χ0v) is 13.4. The fourth-order valence-corrected chi connectivity index (χ4v) is 3.55. The molecule has 1 N–H and O–H groups in total. The normalized spacial score (nSPS) is 14.1. The minimum atomic E-state index is 0.729. The molecular formula is C15H16BrNO2S. The Labute approximate surface area is 131 Å². The SMILES string of the molecule is Brc1ccc(CNCc2ccc3c(c2)OCCCO3)s1. The third kappa shape index (κ3) is 3.53. The van der Waals surface area contributed by atoms with Crippen molar-refractivity contribution in [2.75, 3.05) is 13.2 Å². The number of benzene rings is 1. The van der Waals surface area contributed by atoms with Crippen molar-refractivity contribution in [1.29, 1.82) is 0 Å². The van der Waals surface area contributed by atoms with E-state index in [-0.39, 0.29) is 0 Å². The largest absolute Gasteiger partial charge is 0.490 e. The number of thiophene rings is 1. The molecule has 5 heteroatoms. The zero-order chi connectivity index (χ0) is 13.8. The molecule has 0 saturated carbocycles. The molecular weight excluding hydrogens is 338 g/mol. The Balaban J connectivity index is 1.59. The average molecular weight is 354 g/mol. The Morgan fingerprint density at radius 2 is 1.90 bits per heavy atom. The van der Waals surface area contributed by atoms with Crippen LogP contribution >= 0.6 is 27.3 Å². The lowest BCUT2D eigenvalue weighted by Crippen LogP contribution is -2.11. The van der Waals surface area contributed by atoms with Crippen LogP contribution in [0.3, 0.4) is 0 Å². The third-order valence-electron chi connectivity index (χ3n) is 3.07. The first-order chi connectivity index (χ1) is 9.81. The third-order valence-corrected chi connectivity index (χ3v) is 4.69. The molecule has 0 saturated heterocycles. The van der Waals surface area contributed by atoms with Gasteiger partial charge in [0.05, 0.1) is 17.0 Å². The molecule has 0 aliphatic carbocycles. The minimum absolute atomic E-state index is 0.729. The highest BCUT2D eigenvalue weighted by atomic mass is 79.9. The molecule has 0 radical (unpaired) electrons. The van der Waals surface area contributed by atoms with Crippen molar-refractivity contribution in [2.24, 2.45) is 0 Å². The van der Waals surface area contributed by atoms with Crippen LogP contribution in [0.1, 0.15) is 16.9 Å².